The highest BCUT2D eigenvalue weighted by molar-refractivity contribution is 5.90. The molecule has 0 bridgehead atoms. The van der Waals surface area contributed by atoms with Crippen molar-refractivity contribution in [2.24, 2.45) is 0 Å². The molecule has 6 heteroatoms. The molecule has 79 heavy (non-hydrogen) atoms. The summed E-state index contributed by atoms with van der Waals surface area (Å²) in [6, 6.07) is 65.8. The van der Waals surface area contributed by atoms with Gasteiger partial charge in [0.15, 0.2) is 0 Å². The number of halogens is 4. The highest BCUT2D eigenvalue weighted by atomic mass is 19.1. The summed E-state index contributed by atoms with van der Waals surface area (Å²) in [5.41, 5.74) is 23.5. The molecular weight excluding hydrogens is 981 g/mol. The number of anilines is 6. The summed E-state index contributed by atoms with van der Waals surface area (Å²) < 4.78 is 56.4. The first-order chi connectivity index (χ1) is 38.0. The Kier molecular flexibility index (Phi) is 11.7. The molecule has 10 aromatic carbocycles. The van der Waals surface area contributed by atoms with E-state index in [2.05, 4.69) is 175 Å². The highest BCUT2D eigenvalue weighted by Crippen LogP contribution is 2.54. The van der Waals surface area contributed by atoms with Gasteiger partial charge in [-0.25, -0.2) is 17.6 Å². The van der Waals surface area contributed by atoms with Gasteiger partial charge in [0, 0.05) is 50.4 Å². The first kappa shape index (κ1) is 49.6. The van der Waals surface area contributed by atoms with E-state index in [4.69, 9.17) is 0 Å². The van der Waals surface area contributed by atoms with Crippen LogP contribution in [0.25, 0.3) is 57.7 Å². The molecule has 0 atom stereocenters. The summed E-state index contributed by atoms with van der Waals surface area (Å²) in [4.78, 5) is 4.08. The molecule has 0 aromatic heterocycles. The lowest BCUT2D eigenvalue weighted by molar-refractivity contribution is 0.627. The Bertz CT molecular complexity index is 3770. The Labute approximate surface area is 459 Å². The standard InChI is InChI=1S/C73H56F4N2/c1-71(2)65-39-45(7-9-47-13-35-61-63-37-31-57(43-69(63)72(3,4)67(61)41-47)78(53-23-15-49(74)16-24-53)54-25-17-50(75)18-26-54)11-33-59(65)60-34-12-46(40-66(60)71)8-10-48-14-36-62-64-38-32-58(44-70(64)73(5,6)68(62)42-48)79(55-27-19-51(76)20-28-55)56-29-21-52(77)22-30-56/h7-44H,1-6H3. The van der Waals surface area contributed by atoms with Gasteiger partial charge in [-0.05, 0) is 210 Å². The van der Waals surface area contributed by atoms with Gasteiger partial charge in [0.2, 0.25) is 0 Å². The molecule has 10 aromatic rings. The average Bonchev–Trinajstić information content (AvgIpc) is 4.10. The fourth-order valence-corrected chi connectivity index (χ4v) is 12.6. The zero-order chi connectivity index (χ0) is 54.5. The highest BCUT2D eigenvalue weighted by Gasteiger charge is 2.39. The molecule has 2 nitrogen and oxygen atoms in total. The number of hydrogen-bond donors (Lipinski definition) is 0. The minimum atomic E-state index is -0.313. The van der Waals surface area contributed by atoms with Gasteiger partial charge in [0.05, 0.1) is 0 Å². The van der Waals surface area contributed by atoms with Gasteiger partial charge in [-0.1, -0.05) is 151 Å². The molecule has 13 rings (SSSR count). The Morgan fingerprint density at radius 1 is 0.241 bits per heavy atom. The normalized spacial score (nSPS) is 14.7. The van der Waals surface area contributed by atoms with Crippen LogP contribution in [0.4, 0.5) is 51.7 Å². The second-order valence-corrected chi connectivity index (χ2v) is 22.8. The fourth-order valence-electron chi connectivity index (χ4n) is 12.6. The summed E-state index contributed by atoms with van der Waals surface area (Å²) in [7, 11) is 0. The van der Waals surface area contributed by atoms with E-state index < -0.39 is 0 Å². The summed E-state index contributed by atoms with van der Waals surface area (Å²) in [5, 5.41) is 0. The van der Waals surface area contributed by atoms with Crippen molar-refractivity contribution in [2.75, 3.05) is 9.80 Å². The Morgan fingerprint density at radius 2 is 0.430 bits per heavy atom. The van der Waals surface area contributed by atoms with E-state index in [0.29, 0.717) is 0 Å². The summed E-state index contributed by atoms with van der Waals surface area (Å²) >= 11 is 0. The molecule has 3 aliphatic carbocycles. The van der Waals surface area contributed by atoms with Gasteiger partial charge in [-0.2, -0.15) is 0 Å². The van der Waals surface area contributed by atoms with Crippen molar-refractivity contribution in [1.29, 1.82) is 0 Å². The first-order valence-electron chi connectivity index (χ1n) is 26.9. The van der Waals surface area contributed by atoms with Crippen LogP contribution in [0.2, 0.25) is 0 Å². The lowest BCUT2D eigenvalue weighted by atomic mass is 9.81. The minimum absolute atomic E-state index is 0.214. The molecule has 0 radical (unpaired) electrons. The molecular formula is C73H56F4N2. The monoisotopic (exact) mass is 1040 g/mol. The largest absolute Gasteiger partial charge is 0.310 e. The number of nitrogens with zero attached hydrogens (tertiary/aromatic N) is 2. The Balaban J connectivity index is 0.729. The third kappa shape index (κ3) is 8.49. The second-order valence-electron chi connectivity index (χ2n) is 22.8. The molecule has 0 aliphatic heterocycles. The molecule has 0 unspecified atom stereocenters. The molecule has 3 aliphatic rings. The van der Waals surface area contributed by atoms with Crippen LogP contribution in [0.1, 0.15) is 97.2 Å². The average molecular weight is 1040 g/mol. The van der Waals surface area contributed by atoms with Crippen LogP contribution in [-0.4, -0.2) is 0 Å². The molecule has 386 valence electrons. The van der Waals surface area contributed by atoms with E-state index in [0.717, 1.165) is 56.4 Å². The van der Waals surface area contributed by atoms with Gasteiger partial charge in [-0.15, -0.1) is 0 Å². The third-order valence-electron chi connectivity index (χ3n) is 16.9. The van der Waals surface area contributed by atoms with Gasteiger partial charge in [0.1, 0.15) is 23.3 Å². The van der Waals surface area contributed by atoms with Crippen molar-refractivity contribution < 1.29 is 17.6 Å². The third-order valence-corrected chi connectivity index (χ3v) is 16.9. The summed E-state index contributed by atoms with van der Waals surface area (Å²) in [6.45, 7) is 13.7. The van der Waals surface area contributed by atoms with Crippen LogP contribution in [-0.2, 0) is 16.2 Å². The predicted molar refractivity (Wildman–Crippen MR) is 319 cm³/mol. The maximum Gasteiger partial charge on any atom is 0.123 e. The summed E-state index contributed by atoms with van der Waals surface area (Å²) in [6.07, 6.45) is 8.87. The zero-order valence-corrected chi connectivity index (χ0v) is 44.8. The molecule has 0 amide bonds. The summed E-state index contributed by atoms with van der Waals surface area (Å²) in [5.74, 6) is -1.25. The van der Waals surface area contributed by atoms with E-state index in [1.807, 2.05) is 9.80 Å². The molecule has 0 fully saturated rings. The van der Waals surface area contributed by atoms with Gasteiger partial charge in [0.25, 0.3) is 0 Å². The van der Waals surface area contributed by atoms with Crippen molar-refractivity contribution in [1.82, 2.24) is 0 Å². The molecule has 0 saturated carbocycles. The van der Waals surface area contributed by atoms with E-state index in [-0.39, 0.29) is 39.5 Å². The number of rotatable bonds is 10. The van der Waals surface area contributed by atoms with Crippen LogP contribution < -0.4 is 9.80 Å². The van der Waals surface area contributed by atoms with Gasteiger partial charge < -0.3 is 9.80 Å². The van der Waals surface area contributed by atoms with Crippen molar-refractivity contribution in [3.05, 3.63) is 285 Å². The molecule has 0 saturated heterocycles. The van der Waals surface area contributed by atoms with Crippen molar-refractivity contribution in [2.45, 2.75) is 57.8 Å². The van der Waals surface area contributed by atoms with Crippen molar-refractivity contribution in [3.63, 3.8) is 0 Å². The van der Waals surface area contributed by atoms with Gasteiger partial charge in [-0.3, -0.25) is 0 Å². The molecule has 0 heterocycles. The Morgan fingerprint density at radius 3 is 0.658 bits per heavy atom. The topological polar surface area (TPSA) is 6.48 Å². The quantitative estimate of drug-likeness (QED) is 0.0995. The second kappa shape index (κ2) is 18.6. The van der Waals surface area contributed by atoms with E-state index in [1.165, 1.54) is 115 Å². The minimum Gasteiger partial charge on any atom is -0.310 e. The van der Waals surface area contributed by atoms with Crippen LogP contribution in [0, 0.1) is 23.3 Å². The Hall–Kier alpha value is -9.00. The molecule has 0 N–H and O–H groups in total. The van der Waals surface area contributed by atoms with Gasteiger partial charge >= 0.3 is 0 Å². The number of fused-ring (bicyclic) bond motifs is 9. The lowest BCUT2D eigenvalue weighted by Gasteiger charge is -2.28. The fraction of sp³-hybridized carbons (Fsp3) is 0.123. The smallest absolute Gasteiger partial charge is 0.123 e. The SMILES string of the molecule is CC1(C)c2cc(C=Cc3ccc4c(c3)C(C)(C)c3cc(N(c5ccc(F)cc5)c5ccc(F)cc5)ccc3-4)ccc2-c2ccc(C=Cc3ccc4c(c3)C(C)(C)c3cc(N(c5ccc(F)cc5)c5ccc(F)cc5)ccc3-4)cc21. The maximum absolute atomic E-state index is 14.1. The lowest BCUT2D eigenvalue weighted by Crippen LogP contribution is -2.16. The number of benzene rings is 10. The maximum atomic E-state index is 14.1. The molecule has 0 spiro atoms. The zero-order valence-electron chi connectivity index (χ0n) is 44.8. The van der Waals surface area contributed by atoms with Crippen LogP contribution in [0.15, 0.2) is 206 Å². The van der Waals surface area contributed by atoms with Crippen LogP contribution >= 0.6 is 0 Å². The number of hydrogen-bond acceptors (Lipinski definition) is 2. The van der Waals surface area contributed by atoms with Crippen molar-refractivity contribution >= 4 is 58.4 Å². The van der Waals surface area contributed by atoms with Crippen molar-refractivity contribution in [3.8, 4) is 33.4 Å². The van der Waals surface area contributed by atoms with E-state index in [9.17, 15) is 17.6 Å². The first-order valence-corrected chi connectivity index (χ1v) is 26.9. The van der Waals surface area contributed by atoms with E-state index in [1.54, 1.807) is 48.5 Å². The van der Waals surface area contributed by atoms with Crippen LogP contribution in [0.5, 0.6) is 0 Å². The van der Waals surface area contributed by atoms with E-state index >= 15 is 0 Å². The van der Waals surface area contributed by atoms with Crippen LogP contribution in [0.3, 0.4) is 0 Å². The predicted octanol–water partition coefficient (Wildman–Crippen LogP) is 20.4.